The number of hydrogen-bond acceptors (Lipinski definition) is 3. The Bertz CT molecular complexity index is 786. The van der Waals surface area contributed by atoms with Gasteiger partial charge in [-0.3, -0.25) is 9.10 Å². The van der Waals surface area contributed by atoms with Gasteiger partial charge in [0.15, 0.2) is 0 Å². The summed E-state index contributed by atoms with van der Waals surface area (Å²) in [6, 6.07) is 14.1. The average molecular weight is 318 g/mol. The molecule has 0 aliphatic heterocycles. The second-order valence-electron chi connectivity index (χ2n) is 5.05. The van der Waals surface area contributed by atoms with Gasteiger partial charge < -0.3 is 5.32 Å². The van der Waals surface area contributed by atoms with Gasteiger partial charge in [-0.1, -0.05) is 18.2 Å². The van der Waals surface area contributed by atoms with Gasteiger partial charge in [-0.25, -0.2) is 8.42 Å². The number of sulfonamides is 1. The molecule has 1 amide bonds. The van der Waals surface area contributed by atoms with Gasteiger partial charge in [-0.15, -0.1) is 0 Å². The third kappa shape index (κ3) is 3.65. The number of aryl methyl sites for hydroxylation is 1. The Morgan fingerprint density at radius 1 is 1.09 bits per heavy atom. The van der Waals surface area contributed by atoms with Crippen LogP contribution in [0.1, 0.15) is 15.9 Å². The van der Waals surface area contributed by atoms with E-state index in [1.54, 1.807) is 37.3 Å². The topological polar surface area (TPSA) is 66.5 Å². The molecule has 2 rings (SSSR count). The Labute approximate surface area is 130 Å². The molecule has 0 spiro atoms. The highest BCUT2D eigenvalue weighted by molar-refractivity contribution is 7.92. The molecule has 0 saturated heterocycles. The minimum atomic E-state index is -3.33. The molecule has 0 unspecified atom stereocenters. The van der Waals surface area contributed by atoms with E-state index in [1.165, 1.54) is 11.4 Å². The monoisotopic (exact) mass is 318 g/mol. The minimum Gasteiger partial charge on any atom is -0.322 e. The fraction of sp³-hybridized carbons (Fsp3) is 0.188. The van der Waals surface area contributed by atoms with Crippen molar-refractivity contribution in [2.24, 2.45) is 0 Å². The molecule has 0 bridgehead atoms. The molecule has 116 valence electrons. The van der Waals surface area contributed by atoms with Crippen LogP contribution in [-0.2, 0) is 10.0 Å². The van der Waals surface area contributed by atoms with Crippen LogP contribution in [0.2, 0.25) is 0 Å². The van der Waals surface area contributed by atoms with Gasteiger partial charge in [0, 0.05) is 18.3 Å². The summed E-state index contributed by atoms with van der Waals surface area (Å²) in [6.07, 6.45) is 1.14. The van der Waals surface area contributed by atoms with Crippen LogP contribution in [0.5, 0.6) is 0 Å². The van der Waals surface area contributed by atoms with Crippen molar-refractivity contribution in [3.8, 4) is 0 Å². The van der Waals surface area contributed by atoms with Gasteiger partial charge in [-0.2, -0.15) is 0 Å². The lowest BCUT2D eigenvalue weighted by molar-refractivity contribution is 0.102. The number of anilines is 2. The summed E-state index contributed by atoms with van der Waals surface area (Å²) < 4.78 is 24.4. The fourth-order valence-corrected chi connectivity index (χ4v) is 2.62. The number of hydrogen-bond donors (Lipinski definition) is 1. The molecule has 0 atom stereocenters. The van der Waals surface area contributed by atoms with E-state index in [2.05, 4.69) is 5.32 Å². The minimum absolute atomic E-state index is 0.233. The van der Waals surface area contributed by atoms with E-state index < -0.39 is 10.0 Å². The normalized spacial score (nSPS) is 11.0. The number of para-hydroxylation sites is 1. The number of benzene rings is 2. The van der Waals surface area contributed by atoms with Crippen LogP contribution in [0, 0.1) is 6.92 Å². The molecule has 0 radical (unpaired) electrons. The van der Waals surface area contributed by atoms with Crippen LogP contribution in [-0.4, -0.2) is 27.6 Å². The fourth-order valence-electron chi connectivity index (χ4n) is 2.05. The van der Waals surface area contributed by atoms with Gasteiger partial charge >= 0.3 is 0 Å². The highest BCUT2D eigenvalue weighted by atomic mass is 32.2. The summed E-state index contributed by atoms with van der Waals surface area (Å²) in [6.45, 7) is 1.77. The van der Waals surface area contributed by atoms with Crippen LogP contribution in [0.25, 0.3) is 0 Å². The van der Waals surface area contributed by atoms with E-state index >= 15 is 0 Å². The molecule has 2 aromatic carbocycles. The van der Waals surface area contributed by atoms with Crippen LogP contribution >= 0.6 is 0 Å². The smallest absolute Gasteiger partial charge is 0.255 e. The Kier molecular flexibility index (Phi) is 4.51. The van der Waals surface area contributed by atoms with Crippen LogP contribution in [0.3, 0.4) is 0 Å². The molecule has 0 aliphatic rings. The maximum Gasteiger partial charge on any atom is 0.255 e. The van der Waals surface area contributed by atoms with Crippen molar-refractivity contribution < 1.29 is 13.2 Å². The van der Waals surface area contributed by atoms with E-state index in [0.717, 1.165) is 6.26 Å². The molecule has 0 fully saturated rings. The number of rotatable bonds is 4. The lowest BCUT2D eigenvalue weighted by Crippen LogP contribution is -2.25. The molecule has 0 saturated carbocycles. The standard InChI is InChI=1S/C16H18N2O3S/c1-12-11-13(9-10-15(12)18(2)22(3,20)21)16(19)17-14-7-5-4-6-8-14/h4-11H,1-3H3,(H,17,19). The zero-order valence-electron chi connectivity index (χ0n) is 12.7. The number of nitrogens with zero attached hydrogens (tertiary/aromatic N) is 1. The van der Waals surface area contributed by atoms with Crippen LogP contribution < -0.4 is 9.62 Å². The van der Waals surface area contributed by atoms with Gasteiger partial charge in [-0.05, 0) is 42.8 Å². The first-order chi connectivity index (χ1) is 10.3. The quantitative estimate of drug-likeness (QED) is 0.942. The van der Waals surface area contributed by atoms with E-state index in [9.17, 15) is 13.2 Å². The molecule has 0 aliphatic carbocycles. The molecule has 1 N–H and O–H groups in total. The number of nitrogens with one attached hydrogen (secondary N) is 1. The summed E-state index contributed by atoms with van der Waals surface area (Å²) in [5, 5.41) is 2.79. The predicted molar refractivity (Wildman–Crippen MR) is 88.8 cm³/mol. The number of amides is 1. The highest BCUT2D eigenvalue weighted by Gasteiger charge is 2.15. The first kappa shape index (κ1) is 16.0. The first-order valence-corrected chi connectivity index (χ1v) is 8.55. The maximum atomic E-state index is 12.2. The third-order valence-corrected chi connectivity index (χ3v) is 4.52. The summed E-state index contributed by atoms with van der Waals surface area (Å²) in [4.78, 5) is 12.2. The SMILES string of the molecule is Cc1cc(C(=O)Nc2ccccc2)ccc1N(C)S(C)(=O)=O. The van der Waals surface area contributed by atoms with E-state index in [0.29, 0.717) is 22.5 Å². The first-order valence-electron chi connectivity index (χ1n) is 6.70. The Morgan fingerprint density at radius 3 is 2.27 bits per heavy atom. The predicted octanol–water partition coefficient (Wildman–Crippen LogP) is 2.64. The van der Waals surface area contributed by atoms with Crippen molar-refractivity contribution in [2.75, 3.05) is 22.9 Å². The van der Waals surface area contributed by atoms with Crippen molar-refractivity contribution in [1.82, 2.24) is 0 Å². The van der Waals surface area contributed by atoms with Crippen molar-refractivity contribution in [3.05, 3.63) is 59.7 Å². The van der Waals surface area contributed by atoms with Crippen molar-refractivity contribution in [1.29, 1.82) is 0 Å². The summed E-state index contributed by atoms with van der Waals surface area (Å²) in [7, 11) is -1.84. The molecular weight excluding hydrogens is 300 g/mol. The summed E-state index contributed by atoms with van der Waals surface area (Å²) in [5.74, 6) is -0.233. The molecular formula is C16H18N2O3S. The largest absolute Gasteiger partial charge is 0.322 e. The Morgan fingerprint density at radius 2 is 1.73 bits per heavy atom. The van der Waals surface area contributed by atoms with Crippen LogP contribution in [0.4, 0.5) is 11.4 Å². The number of carbonyl (C=O) groups excluding carboxylic acids is 1. The van der Waals surface area contributed by atoms with Crippen molar-refractivity contribution >= 4 is 27.3 Å². The van der Waals surface area contributed by atoms with Gasteiger partial charge in [0.1, 0.15) is 0 Å². The van der Waals surface area contributed by atoms with E-state index in [4.69, 9.17) is 0 Å². The number of carbonyl (C=O) groups is 1. The van der Waals surface area contributed by atoms with Gasteiger partial charge in [0.05, 0.1) is 11.9 Å². The van der Waals surface area contributed by atoms with E-state index in [1.807, 2.05) is 18.2 Å². The lowest BCUT2D eigenvalue weighted by atomic mass is 10.1. The van der Waals surface area contributed by atoms with Crippen molar-refractivity contribution in [3.63, 3.8) is 0 Å². The summed E-state index contributed by atoms with van der Waals surface area (Å²) >= 11 is 0. The van der Waals surface area contributed by atoms with Crippen molar-refractivity contribution in [2.45, 2.75) is 6.92 Å². The van der Waals surface area contributed by atoms with E-state index in [-0.39, 0.29) is 5.91 Å². The molecule has 0 heterocycles. The maximum absolute atomic E-state index is 12.2. The third-order valence-electron chi connectivity index (χ3n) is 3.33. The molecule has 6 heteroatoms. The Hall–Kier alpha value is -2.34. The summed E-state index contributed by atoms with van der Waals surface area (Å²) in [5.41, 5.74) is 2.46. The highest BCUT2D eigenvalue weighted by Crippen LogP contribution is 2.22. The zero-order chi connectivity index (χ0) is 16.3. The van der Waals surface area contributed by atoms with Crippen LogP contribution in [0.15, 0.2) is 48.5 Å². The second kappa shape index (κ2) is 6.19. The molecule has 22 heavy (non-hydrogen) atoms. The molecule has 5 nitrogen and oxygen atoms in total. The molecule has 0 aromatic heterocycles. The zero-order valence-corrected chi connectivity index (χ0v) is 13.5. The second-order valence-corrected chi connectivity index (χ2v) is 7.07. The Balaban J connectivity index is 2.24. The van der Waals surface area contributed by atoms with Gasteiger partial charge in [0.2, 0.25) is 10.0 Å². The average Bonchev–Trinajstić information content (AvgIpc) is 2.46. The molecule has 2 aromatic rings. The van der Waals surface area contributed by atoms with Gasteiger partial charge in [0.25, 0.3) is 5.91 Å². The lowest BCUT2D eigenvalue weighted by Gasteiger charge is -2.19.